The maximum absolute atomic E-state index is 3.93. The van der Waals surface area contributed by atoms with Crippen molar-refractivity contribution in [3.8, 4) is 0 Å². The summed E-state index contributed by atoms with van der Waals surface area (Å²) < 4.78 is 0. The highest BCUT2D eigenvalue weighted by molar-refractivity contribution is 4.85. The summed E-state index contributed by atoms with van der Waals surface area (Å²) in [5, 5.41) is 3.93. The van der Waals surface area contributed by atoms with E-state index < -0.39 is 0 Å². The van der Waals surface area contributed by atoms with E-state index in [9.17, 15) is 0 Å². The van der Waals surface area contributed by atoms with Gasteiger partial charge in [0.2, 0.25) is 0 Å². The number of hydrogen-bond acceptors (Lipinski definition) is 1. The minimum absolute atomic E-state index is 0.808. The minimum atomic E-state index is 0.808. The molecule has 2 fully saturated rings. The van der Waals surface area contributed by atoms with E-state index in [1.54, 1.807) is 0 Å². The monoisotopic (exact) mass is 209 g/mol. The molecule has 1 heteroatoms. The topological polar surface area (TPSA) is 12.0 Å². The van der Waals surface area contributed by atoms with E-state index in [4.69, 9.17) is 0 Å². The fourth-order valence-corrected chi connectivity index (χ4v) is 2.98. The van der Waals surface area contributed by atoms with Gasteiger partial charge in [-0.15, -0.1) is 0 Å². The minimum Gasteiger partial charge on any atom is -0.311 e. The predicted molar refractivity (Wildman–Crippen MR) is 66.0 cm³/mol. The summed E-state index contributed by atoms with van der Waals surface area (Å²) in [5.41, 5.74) is 0. The van der Waals surface area contributed by atoms with E-state index in [1.807, 2.05) is 0 Å². The maximum Gasteiger partial charge on any atom is 0.00952 e. The normalized spacial score (nSPS) is 34.0. The molecule has 0 heterocycles. The second-order valence-corrected chi connectivity index (χ2v) is 5.82. The Balaban J connectivity index is 1.75. The molecule has 1 N–H and O–H groups in total. The lowest BCUT2D eigenvalue weighted by Crippen LogP contribution is -2.43. The van der Waals surface area contributed by atoms with Gasteiger partial charge in [0.15, 0.2) is 0 Å². The first-order valence-corrected chi connectivity index (χ1v) is 7.05. The smallest absolute Gasteiger partial charge is 0.00952 e. The first-order valence-electron chi connectivity index (χ1n) is 7.05. The van der Waals surface area contributed by atoms with Crippen molar-refractivity contribution in [1.82, 2.24) is 5.32 Å². The van der Waals surface area contributed by atoms with Gasteiger partial charge in [0.1, 0.15) is 0 Å². The largest absolute Gasteiger partial charge is 0.311 e. The molecule has 3 atom stereocenters. The molecule has 15 heavy (non-hydrogen) atoms. The highest BCUT2D eigenvalue weighted by Gasteiger charge is 2.28. The van der Waals surface area contributed by atoms with Crippen LogP contribution >= 0.6 is 0 Å². The zero-order chi connectivity index (χ0) is 10.7. The summed E-state index contributed by atoms with van der Waals surface area (Å²) in [6, 6.07) is 1.63. The third-order valence-corrected chi connectivity index (χ3v) is 4.37. The Kier molecular flexibility index (Phi) is 4.07. The molecule has 0 aromatic carbocycles. The van der Waals surface area contributed by atoms with Gasteiger partial charge in [-0.2, -0.15) is 0 Å². The summed E-state index contributed by atoms with van der Waals surface area (Å²) in [6.07, 6.45) is 11.5. The van der Waals surface area contributed by atoms with E-state index in [0.29, 0.717) is 0 Å². The van der Waals surface area contributed by atoms with Crippen molar-refractivity contribution in [3.05, 3.63) is 0 Å². The van der Waals surface area contributed by atoms with E-state index in [0.717, 1.165) is 23.9 Å². The average molecular weight is 209 g/mol. The van der Waals surface area contributed by atoms with Crippen molar-refractivity contribution in [2.45, 2.75) is 77.3 Å². The lowest BCUT2D eigenvalue weighted by molar-refractivity contribution is 0.247. The van der Waals surface area contributed by atoms with E-state index in [2.05, 4.69) is 19.2 Å². The van der Waals surface area contributed by atoms with Crippen LogP contribution in [0.25, 0.3) is 0 Å². The molecule has 1 nitrogen and oxygen atoms in total. The van der Waals surface area contributed by atoms with Crippen molar-refractivity contribution in [2.75, 3.05) is 0 Å². The van der Waals surface area contributed by atoms with Crippen molar-refractivity contribution in [2.24, 2.45) is 11.8 Å². The number of rotatable bonds is 5. The second kappa shape index (κ2) is 5.34. The van der Waals surface area contributed by atoms with Crippen LogP contribution in [0, 0.1) is 11.8 Å². The Labute approximate surface area is 95.0 Å². The Morgan fingerprint density at radius 2 is 1.87 bits per heavy atom. The Morgan fingerprint density at radius 3 is 2.47 bits per heavy atom. The molecule has 3 unspecified atom stereocenters. The van der Waals surface area contributed by atoms with Gasteiger partial charge >= 0.3 is 0 Å². The lowest BCUT2D eigenvalue weighted by Gasteiger charge is -2.33. The van der Waals surface area contributed by atoms with Crippen LogP contribution in [0.15, 0.2) is 0 Å². The number of nitrogens with one attached hydrogen (secondary N) is 1. The fourth-order valence-electron chi connectivity index (χ4n) is 2.98. The van der Waals surface area contributed by atoms with Crippen LogP contribution in [0.5, 0.6) is 0 Å². The van der Waals surface area contributed by atoms with Gasteiger partial charge < -0.3 is 5.32 Å². The van der Waals surface area contributed by atoms with Crippen molar-refractivity contribution in [3.63, 3.8) is 0 Å². The predicted octanol–water partition coefficient (Wildman–Crippen LogP) is 3.73. The molecule has 0 bridgehead atoms. The first kappa shape index (κ1) is 11.4. The van der Waals surface area contributed by atoms with Gasteiger partial charge in [0.05, 0.1) is 0 Å². The van der Waals surface area contributed by atoms with Crippen LogP contribution in [-0.4, -0.2) is 12.1 Å². The second-order valence-electron chi connectivity index (χ2n) is 5.82. The number of hydrogen-bond donors (Lipinski definition) is 1. The van der Waals surface area contributed by atoms with Gasteiger partial charge in [-0.25, -0.2) is 0 Å². The van der Waals surface area contributed by atoms with E-state index in [1.165, 1.54) is 51.4 Å². The van der Waals surface area contributed by atoms with E-state index in [-0.39, 0.29) is 0 Å². The molecule has 0 aromatic heterocycles. The average Bonchev–Trinajstić information content (AvgIpc) is 3.04. The molecule has 2 aliphatic rings. The van der Waals surface area contributed by atoms with E-state index >= 15 is 0 Å². The Hall–Kier alpha value is -0.0400. The zero-order valence-corrected chi connectivity index (χ0v) is 10.5. The molecule has 2 saturated carbocycles. The zero-order valence-electron chi connectivity index (χ0n) is 10.5. The van der Waals surface area contributed by atoms with Crippen LogP contribution in [0.1, 0.15) is 65.2 Å². The van der Waals surface area contributed by atoms with Crippen LogP contribution < -0.4 is 5.32 Å². The molecule has 0 spiro atoms. The van der Waals surface area contributed by atoms with Gasteiger partial charge in [-0.1, -0.05) is 39.5 Å². The third-order valence-electron chi connectivity index (χ3n) is 4.37. The molecule has 88 valence electrons. The summed E-state index contributed by atoms with van der Waals surface area (Å²) in [4.78, 5) is 0. The SMILES string of the molecule is CCC(CC1CC1)NC1CCCCC1C. The molecule has 0 saturated heterocycles. The summed E-state index contributed by atoms with van der Waals surface area (Å²) in [7, 11) is 0. The van der Waals surface area contributed by atoms with Gasteiger partial charge in [-0.3, -0.25) is 0 Å². The molecule has 0 aliphatic heterocycles. The Morgan fingerprint density at radius 1 is 1.13 bits per heavy atom. The highest BCUT2D eigenvalue weighted by Crippen LogP contribution is 2.34. The third kappa shape index (κ3) is 3.48. The van der Waals surface area contributed by atoms with Crippen LogP contribution in [-0.2, 0) is 0 Å². The molecular formula is C14H27N. The van der Waals surface area contributed by atoms with Gasteiger partial charge in [0, 0.05) is 12.1 Å². The van der Waals surface area contributed by atoms with Crippen molar-refractivity contribution in [1.29, 1.82) is 0 Å². The molecular weight excluding hydrogens is 182 g/mol. The highest BCUT2D eigenvalue weighted by atomic mass is 15.0. The standard InChI is InChI=1S/C14H27N/c1-3-13(10-12-8-9-12)15-14-7-5-4-6-11(14)2/h11-15H,3-10H2,1-2H3. The summed E-state index contributed by atoms with van der Waals surface area (Å²) in [6.45, 7) is 4.77. The quantitative estimate of drug-likeness (QED) is 0.727. The molecule has 0 radical (unpaired) electrons. The maximum atomic E-state index is 3.93. The van der Waals surface area contributed by atoms with Crippen LogP contribution in [0.2, 0.25) is 0 Å². The van der Waals surface area contributed by atoms with Gasteiger partial charge in [0.25, 0.3) is 0 Å². The van der Waals surface area contributed by atoms with Crippen molar-refractivity contribution < 1.29 is 0 Å². The van der Waals surface area contributed by atoms with Gasteiger partial charge in [-0.05, 0) is 37.5 Å². The summed E-state index contributed by atoms with van der Waals surface area (Å²) in [5.74, 6) is 1.98. The molecule has 2 aliphatic carbocycles. The van der Waals surface area contributed by atoms with Crippen molar-refractivity contribution >= 4 is 0 Å². The summed E-state index contributed by atoms with van der Waals surface area (Å²) >= 11 is 0. The molecule has 2 rings (SSSR count). The van der Waals surface area contributed by atoms with Crippen LogP contribution in [0.4, 0.5) is 0 Å². The lowest BCUT2D eigenvalue weighted by atomic mass is 9.85. The first-order chi connectivity index (χ1) is 7.29. The fraction of sp³-hybridized carbons (Fsp3) is 1.00. The van der Waals surface area contributed by atoms with Crippen LogP contribution in [0.3, 0.4) is 0 Å². The molecule has 0 amide bonds. The Bertz CT molecular complexity index is 186. The molecule has 0 aromatic rings.